The van der Waals surface area contributed by atoms with Crippen LogP contribution in [0.25, 0.3) is 16.2 Å². The average molecular weight is 287 g/mol. The molecular weight excluding hydrogens is 281 g/mol. The lowest BCUT2D eigenvalue weighted by atomic mass is 10.3. The number of fused-ring (bicyclic) bond motifs is 1. The van der Waals surface area contributed by atoms with Gasteiger partial charge < -0.3 is 0 Å². The summed E-state index contributed by atoms with van der Waals surface area (Å²) in [7, 11) is 0. The maximum atomic E-state index is 4.13. The summed E-state index contributed by atoms with van der Waals surface area (Å²) in [6.45, 7) is 3.74. The van der Waals surface area contributed by atoms with Gasteiger partial charge in [0, 0.05) is 26.2 Å². The number of hydrogen-bond acceptors (Lipinski definition) is 2. The van der Waals surface area contributed by atoms with E-state index >= 15 is 0 Å². The predicted molar refractivity (Wildman–Crippen MR) is 62.4 cm³/mol. The minimum atomic E-state index is 1.20. The molecule has 0 aliphatic rings. The summed E-state index contributed by atoms with van der Waals surface area (Å²) in [5.74, 6) is 0. The third-order valence-electron chi connectivity index (χ3n) is 1.62. The molecule has 2 aromatic rings. The van der Waals surface area contributed by atoms with Crippen LogP contribution in [0.1, 0.15) is 4.88 Å². The summed E-state index contributed by atoms with van der Waals surface area (Å²) in [6, 6.07) is 2.15. The predicted octanol–water partition coefficient (Wildman–Crippen LogP) is 3.54. The summed E-state index contributed by atoms with van der Waals surface area (Å²) >= 11 is 4.02. The van der Waals surface area contributed by atoms with Crippen LogP contribution in [0.3, 0.4) is 0 Å². The minimum absolute atomic E-state index is 1.20. The molecule has 12 heavy (non-hydrogen) atoms. The SMILES string of the molecule is C=Cc1cc2c(I)cncc2s1. The van der Waals surface area contributed by atoms with E-state index in [0.29, 0.717) is 0 Å². The first-order valence-corrected chi connectivity index (χ1v) is 5.36. The van der Waals surface area contributed by atoms with Crippen LogP contribution in [0, 0.1) is 3.57 Å². The molecule has 0 atom stereocenters. The average Bonchev–Trinajstić information content (AvgIpc) is 2.49. The van der Waals surface area contributed by atoms with Crippen molar-refractivity contribution in [2.75, 3.05) is 0 Å². The summed E-state index contributed by atoms with van der Waals surface area (Å²) < 4.78 is 2.44. The van der Waals surface area contributed by atoms with Crippen LogP contribution in [0.15, 0.2) is 25.0 Å². The molecule has 0 radical (unpaired) electrons. The lowest BCUT2D eigenvalue weighted by molar-refractivity contribution is 1.36. The van der Waals surface area contributed by atoms with Crippen molar-refractivity contribution >= 4 is 50.1 Å². The standard InChI is InChI=1S/C9H6INS/c1-2-6-3-7-8(10)4-11-5-9(7)12-6/h2-5H,1H2. The summed E-state index contributed by atoms with van der Waals surface area (Å²) in [5.41, 5.74) is 0. The number of nitrogens with zero attached hydrogens (tertiary/aromatic N) is 1. The molecule has 0 aromatic carbocycles. The van der Waals surface area contributed by atoms with Crippen LogP contribution in [0.5, 0.6) is 0 Å². The van der Waals surface area contributed by atoms with Gasteiger partial charge in [0.15, 0.2) is 0 Å². The Labute approximate surface area is 88.3 Å². The molecule has 3 heteroatoms. The van der Waals surface area contributed by atoms with Crippen molar-refractivity contribution in [2.45, 2.75) is 0 Å². The highest BCUT2D eigenvalue weighted by Crippen LogP contribution is 2.28. The van der Waals surface area contributed by atoms with E-state index in [1.807, 2.05) is 18.5 Å². The number of hydrogen-bond donors (Lipinski definition) is 0. The monoisotopic (exact) mass is 287 g/mol. The third kappa shape index (κ3) is 1.27. The van der Waals surface area contributed by atoms with Crippen molar-refractivity contribution in [2.24, 2.45) is 0 Å². The second-order valence-corrected chi connectivity index (χ2v) is 4.66. The lowest BCUT2D eigenvalue weighted by Crippen LogP contribution is -1.73. The van der Waals surface area contributed by atoms with Crippen LogP contribution < -0.4 is 0 Å². The first kappa shape index (κ1) is 8.19. The van der Waals surface area contributed by atoms with Gasteiger partial charge in [-0.25, -0.2) is 0 Å². The van der Waals surface area contributed by atoms with Gasteiger partial charge in [-0.1, -0.05) is 12.7 Å². The van der Waals surface area contributed by atoms with Crippen molar-refractivity contribution in [3.05, 3.63) is 33.5 Å². The number of thiophene rings is 1. The molecule has 2 heterocycles. The molecular formula is C9H6INS. The Morgan fingerprint density at radius 3 is 3.00 bits per heavy atom. The molecule has 0 saturated carbocycles. The van der Waals surface area contributed by atoms with Crippen molar-refractivity contribution in [1.82, 2.24) is 4.98 Å². The number of aromatic nitrogens is 1. The fraction of sp³-hybridized carbons (Fsp3) is 0. The Morgan fingerprint density at radius 2 is 2.33 bits per heavy atom. The van der Waals surface area contributed by atoms with Gasteiger partial charge in [0.2, 0.25) is 0 Å². The van der Waals surface area contributed by atoms with E-state index in [1.165, 1.54) is 18.5 Å². The minimum Gasteiger partial charge on any atom is -0.262 e. The van der Waals surface area contributed by atoms with Crippen LogP contribution in [0.2, 0.25) is 0 Å². The molecule has 0 bridgehead atoms. The molecule has 0 N–H and O–H groups in total. The van der Waals surface area contributed by atoms with Gasteiger partial charge in [0.05, 0.1) is 4.70 Å². The van der Waals surface area contributed by atoms with Crippen molar-refractivity contribution in [3.63, 3.8) is 0 Å². The second-order valence-electron chi connectivity index (χ2n) is 2.39. The highest BCUT2D eigenvalue weighted by molar-refractivity contribution is 14.1. The highest BCUT2D eigenvalue weighted by Gasteiger charge is 2.01. The smallest absolute Gasteiger partial charge is 0.0543 e. The van der Waals surface area contributed by atoms with E-state index in [9.17, 15) is 0 Å². The Morgan fingerprint density at radius 1 is 1.50 bits per heavy atom. The van der Waals surface area contributed by atoms with Crippen LogP contribution in [-0.4, -0.2) is 4.98 Å². The third-order valence-corrected chi connectivity index (χ3v) is 3.54. The van der Waals surface area contributed by atoms with Gasteiger partial charge in [-0.15, -0.1) is 11.3 Å². The van der Waals surface area contributed by atoms with E-state index in [4.69, 9.17) is 0 Å². The molecule has 0 unspecified atom stereocenters. The summed E-state index contributed by atoms with van der Waals surface area (Å²) in [5, 5.41) is 1.28. The number of halogens is 1. The van der Waals surface area contributed by atoms with Gasteiger partial charge in [-0.05, 0) is 28.7 Å². The van der Waals surface area contributed by atoms with E-state index in [2.05, 4.69) is 40.2 Å². The number of rotatable bonds is 1. The van der Waals surface area contributed by atoms with E-state index in [-0.39, 0.29) is 0 Å². The van der Waals surface area contributed by atoms with Crippen molar-refractivity contribution in [1.29, 1.82) is 0 Å². The fourth-order valence-corrected chi connectivity index (χ4v) is 2.74. The zero-order valence-corrected chi connectivity index (χ0v) is 9.22. The van der Waals surface area contributed by atoms with Crippen LogP contribution >= 0.6 is 33.9 Å². The zero-order valence-electron chi connectivity index (χ0n) is 6.25. The van der Waals surface area contributed by atoms with E-state index in [1.54, 1.807) is 11.3 Å². The van der Waals surface area contributed by atoms with Gasteiger partial charge >= 0.3 is 0 Å². The van der Waals surface area contributed by atoms with Crippen LogP contribution in [0.4, 0.5) is 0 Å². The maximum Gasteiger partial charge on any atom is 0.0543 e. The van der Waals surface area contributed by atoms with Crippen LogP contribution in [-0.2, 0) is 0 Å². The van der Waals surface area contributed by atoms with Gasteiger partial charge in [-0.2, -0.15) is 0 Å². The molecule has 2 aromatic heterocycles. The Balaban J connectivity index is 2.82. The Hall–Kier alpha value is -0.420. The Kier molecular flexibility index (Phi) is 2.14. The van der Waals surface area contributed by atoms with Gasteiger partial charge in [0.25, 0.3) is 0 Å². The van der Waals surface area contributed by atoms with E-state index in [0.717, 1.165) is 0 Å². The molecule has 1 nitrogen and oxygen atoms in total. The molecule has 0 spiro atoms. The normalized spacial score (nSPS) is 10.4. The largest absolute Gasteiger partial charge is 0.262 e. The quantitative estimate of drug-likeness (QED) is 0.731. The molecule has 0 saturated heterocycles. The highest BCUT2D eigenvalue weighted by atomic mass is 127. The first-order chi connectivity index (χ1) is 5.81. The molecule has 0 aliphatic heterocycles. The lowest BCUT2D eigenvalue weighted by Gasteiger charge is -1.89. The van der Waals surface area contributed by atoms with Crippen molar-refractivity contribution in [3.8, 4) is 0 Å². The first-order valence-electron chi connectivity index (χ1n) is 3.47. The molecule has 0 amide bonds. The number of pyridine rings is 1. The molecule has 0 aliphatic carbocycles. The summed E-state index contributed by atoms with van der Waals surface area (Å²) in [6.07, 6.45) is 5.65. The topological polar surface area (TPSA) is 12.9 Å². The fourth-order valence-electron chi connectivity index (χ4n) is 1.05. The van der Waals surface area contributed by atoms with E-state index < -0.39 is 0 Å². The molecule has 60 valence electrons. The zero-order chi connectivity index (χ0) is 8.55. The second kappa shape index (κ2) is 3.14. The summed E-state index contributed by atoms with van der Waals surface area (Å²) in [4.78, 5) is 5.33. The molecule has 0 fully saturated rings. The van der Waals surface area contributed by atoms with Gasteiger partial charge in [-0.3, -0.25) is 4.98 Å². The van der Waals surface area contributed by atoms with Gasteiger partial charge in [0.1, 0.15) is 0 Å². The van der Waals surface area contributed by atoms with Crippen molar-refractivity contribution < 1.29 is 0 Å². The maximum absolute atomic E-state index is 4.13. The molecule has 2 rings (SSSR count). The Bertz CT molecular complexity index is 433.